The number of pyridine rings is 1. The van der Waals surface area contributed by atoms with Crippen molar-refractivity contribution >= 4 is 17.9 Å². The third-order valence-electron chi connectivity index (χ3n) is 8.13. The zero-order chi connectivity index (χ0) is 35.2. The maximum atomic E-state index is 14.3. The van der Waals surface area contributed by atoms with Crippen LogP contribution in [0.25, 0.3) is 0 Å². The van der Waals surface area contributed by atoms with Crippen LogP contribution >= 0.6 is 0 Å². The number of benzene rings is 3. The molecule has 2 aromatic heterocycles. The van der Waals surface area contributed by atoms with E-state index in [2.05, 4.69) is 25.6 Å². The first-order valence-corrected chi connectivity index (χ1v) is 16.4. The zero-order valence-corrected chi connectivity index (χ0v) is 28.2. The fraction of sp³-hybridized carbons (Fsp3) is 0.256. The van der Waals surface area contributed by atoms with Crippen LogP contribution in [-0.2, 0) is 45.9 Å². The minimum Gasteiger partial charge on any atom is -0.489 e. The Morgan fingerprint density at radius 2 is 1.58 bits per heavy atom. The van der Waals surface area contributed by atoms with Crippen molar-refractivity contribution in [3.05, 3.63) is 150 Å². The number of carbonyl (C=O) groups is 3. The van der Waals surface area contributed by atoms with Gasteiger partial charge in [0.05, 0.1) is 18.6 Å². The number of amides is 3. The number of carbonyl (C=O) groups excluding carboxylic acids is 3. The van der Waals surface area contributed by atoms with E-state index in [1.54, 1.807) is 18.6 Å². The van der Waals surface area contributed by atoms with E-state index in [1.165, 1.54) is 11.2 Å². The number of imidazole rings is 1. The smallest absolute Gasteiger partial charge is 0.408 e. The minimum atomic E-state index is -1.06. The number of ether oxygens (including phenoxy) is 2. The number of aromatic nitrogens is 3. The number of hydrogen-bond acceptors (Lipinski definition) is 7. The lowest BCUT2D eigenvalue weighted by Gasteiger charge is -2.29. The van der Waals surface area contributed by atoms with Crippen molar-refractivity contribution in [2.24, 2.45) is 0 Å². The third kappa shape index (κ3) is 10.8. The second-order valence-electron chi connectivity index (χ2n) is 12.5. The van der Waals surface area contributed by atoms with Gasteiger partial charge in [-0.05, 0) is 34.9 Å². The number of rotatable bonds is 16. The molecule has 5 rings (SSSR count). The van der Waals surface area contributed by atoms with Crippen molar-refractivity contribution in [3.63, 3.8) is 0 Å². The number of H-pyrrole nitrogens is 1. The van der Waals surface area contributed by atoms with Crippen LogP contribution in [0.1, 0.15) is 41.8 Å². The molecule has 3 amide bonds. The fourth-order valence-corrected chi connectivity index (χ4v) is 5.25. The summed E-state index contributed by atoms with van der Waals surface area (Å²) in [5.74, 6) is -0.140. The number of hydrogen-bond donors (Lipinski definition) is 3. The first-order chi connectivity index (χ1) is 24.2. The van der Waals surface area contributed by atoms with Crippen LogP contribution in [0, 0.1) is 0 Å². The summed E-state index contributed by atoms with van der Waals surface area (Å²) in [4.78, 5) is 53.4. The van der Waals surface area contributed by atoms with E-state index in [1.807, 2.05) is 111 Å². The van der Waals surface area contributed by atoms with Gasteiger partial charge in [0, 0.05) is 49.1 Å². The molecule has 11 nitrogen and oxygen atoms in total. The van der Waals surface area contributed by atoms with Crippen LogP contribution < -0.4 is 15.4 Å². The van der Waals surface area contributed by atoms with E-state index in [0.717, 1.165) is 22.3 Å². The van der Waals surface area contributed by atoms with Gasteiger partial charge in [0.2, 0.25) is 11.8 Å². The minimum absolute atomic E-state index is 0.0362. The Hall–Kier alpha value is -5.97. The van der Waals surface area contributed by atoms with Gasteiger partial charge < -0.3 is 30.0 Å². The first kappa shape index (κ1) is 35.3. The van der Waals surface area contributed by atoms with Crippen LogP contribution in [0.15, 0.2) is 122 Å². The molecule has 0 unspecified atom stereocenters. The Balaban J connectivity index is 1.31. The highest BCUT2D eigenvalue weighted by atomic mass is 16.5. The average Bonchev–Trinajstić information content (AvgIpc) is 3.66. The highest BCUT2D eigenvalue weighted by Crippen LogP contribution is 2.22. The fourth-order valence-electron chi connectivity index (χ4n) is 5.25. The summed E-state index contributed by atoms with van der Waals surface area (Å²) in [5.41, 5.74) is 3.82. The van der Waals surface area contributed by atoms with Gasteiger partial charge in [0.15, 0.2) is 0 Å². The Morgan fingerprint density at radius 1 is 0.860 bits per heavy atom. The molecule has 0 aliphatic heterocycles. The monoisotopic (exact) mass is 674 g/mol. The van der Waals surface area contributed by atoms with Crippen LogP contribution in [-0.4, -0.2) is 56.9 Å². The van der Waals surface area contributed by atoms with Crippen molar-refractivity contribution in [2.45, 2.75) is 51.5 Å². The van der Waals surface area contributed by atoms with E-state index >= 15 is 0 Å². The van der Waals surface area contributed by atoms with Gasteiger partial charge >= 0.3 is 6.09 Å². The van der Waals surface area contributed by atoms with Gasteiger partial charge in [-0.3, -0.25) is 14.6 Å². The average molecular weight is 675 g/mol. The molecule has 2 heterocycles. The molecule has 258 valence electrons. The summed E-state index contributed by atoms with van der Waals surface area (Å²) < 4.78 is 11.4. The predicted molar refractivity (Wildman–Crippen MR) is 189 cm³/mol. The normalized spacial score (nSPS) is 11.6. The van der Waals surface area contributed by atoms with E-state index in [0.29, 0.717) is 24.6 Å². The molecule has 0 aliphatic rings. The topological polar surface area (TPSA) is 139 Å². The zero-order valence-electron chi connectivity index (χ0n) is 28.2. The molecule has 0 fully saturated rings. The van der Waals surface area contributed by atoms with Gasteiger partial charge in [0.25, 0.3) is 0 Å². The predicted octanol–water partition coefficient (Wildman–Crippen LogP) is 5.34. The van der Waals surface area contributed by atoms with Gasteiger partial charge in [-0.25, -0.2) is 9.78 Å². The summed E-state index contributed by atoms with van der Waals surface area (Å²) in [7, 11) is 0. The van der Waals surface area contributed by atoms with Crippen molar-refractivity contribution in [3.8, 4) is 5.75 Å². The standard InChI is InChI=1S/C39H42N6O5/c1-39(2,32-13-7-4-8-14-32)27-42-36(46)24-45(23-29-15-17-34(18-16-29)49-26-31-12-9-19-40-21-31)37(47)35(20-33-22-41-28-43-33)44-38(48)50-25-30-10-5-3-6-11-30/h3-19,21-22,28,35H,20,23-27H2,1-2H3,(H,41,43)(H,42,46)(H,44,48)/t35-/m0/s1. The van der Waals surface area contributed by atoms with Crippen molar-refractivity contribution < 1.29 is 23.9 Å². The van der Waals surface area contributed by atoms with E-state index in [4.69, 9.17) is 9.47 Å². The number of nitrogens with one attached hydrogen (secondary N) is 3. The number of aromatic amines is 1. The summed E-state index contributed by atoms with van der Waals surface area (Å²) in [6, 6.07) is 29.2. The molecule has 11 heteroatoms. The Labute approximate surface area is 292 Å². The second-order valence-corrected chi connectivity index (χ2v) is 12.5. The number of alkyl carbamates (subject to hydrolysis) is 1. The molecule has 50 heavy (non-hydrogen) atoms. The maximum absolute atomic E-state index is 14.3. The molecule has 1 atom stereocenters. The molecule has 5 aromatic rings. The largest absolute Gasteiger partial charge is 0.489 e. The van der Waals surface area contributed by atoms with Crippen molar-refractivity contribution in [1.29, 1.82) is 0 Å². The van der Waals surface area contributed by atoms with Crippen LogP contribution in [0.5, 0.6) is 5.75 Å². The maximum Gasteiger partial charge on any atom is 0.408 e. The lowest BCUT2D eigenvalue weighted by molar-refractivity contribution is -0.138. The van der Waals surface area contributed by atoms with Crippen LogP contribution in [0.4, 0.5) is 4.79 Å². The molecule has 0 aliphatic carbocycles. The summed E-state index contributed by atoms with van der Waals surface area (Å²) in [5, 5.41) is 5.73. The second kappa shape index (κ2) is 17.4. The van der Waals surface area contributed by atoms with Gasteiger partial charge in [-0.1, -0.05) is 92.7 Å². The molecule has 0 radical (unpaired) electrons. The molecule has 0 saturated heterocycles. The van der Waals surface area contributed by atoms with Gasteiger partial charge in [-0.15, -0.1) is 0 Å². The molecule has 0 bridgehead atoms. The molecule has 3 N–H and O–H groups in total. The third-order valence-corrected chi connectivity index (χ3v) is 8.13. The van der Waals surface area contributed by atoms with Crippen LogP contribution in [0.2, 0.25) is 0 Å². The molecular weight excluding hydrogens is 632 g/mol. The molecule has 3 aromatic carbocycles. The van der Waals surface area contributed by atoms with E-state index in [9.17, 15) is 14.4 Å². The Morgan fingerprint density at radius 3 is 2.26 bits per heavy atom. The number of nitrogens with zero attached hydrogens (tertiary/aromatic N) is 3. The van der Waals surface area contributed by atoms with Gasteiger partial charge in [0.1, 0.15) is 25.0 Å². The van der Waals surface area contributed by atoms with Crippen molar-refractivity contribution in [1.82, 2.24) is 30.5 Å². The highest BCUT2D eigenvalue weighted by Gasteiger charge is 2.30. The van der Waals surface area contributed by atoms with Crippen molar-refractivity contribution in [2.75, 3.05) is 13.1 Å². The summed E-state index contributed by atoms with van der Waals surface area (Å²) >= 11 is 0. The van der Waals surface area contributed by atoms with Gasteiger partial charge in [-0.2, -0.15) is 0 Å². The lowest BCUT2D eigenvalue weighted by Crippen LogP contribution is -2.52. The highest BCUT2D eigenvalue weighted by molar-refractivity contribution is 5.89. The van der Waals surface area contributed by atoms with Crippen LogP contribution in [0.3, 0.4) is 0 Å². The SMILES string of the molecule is CC(C)(CNC(=O)CN(Cc1ccc(OCc2cccnc2)cc1)C(=O)[C@H](Cc1c[nH]cn1)NC(=O)OCc1ccccc1)c1ccccc1. The summed E-state index contributed by atoms with van der Waals surface area (Å²) in [6.07, 6.45) is 5.94. The lowest BCUT2D eigenvalue weighted by atomic mass is 9.84. The molecular formula is C39H42N6O5. The quantitative estimate of drug-likeness (QED) is 0.128. The Bertz CT molecular complexity index is 1780. The Kier molecular flexibility index (Phi) is 12.3. The molecule has 0 spiro atoms. The molecule has 0 saturated carbocycles. The summed E-state index contributed by atoms with van der Waals surface area (Å²) in [6.45, 7) is 4.73. The van der Waals surface area contributed by atoms with E-state index < -0.39 is 18.0 Å². The first-order valence-electron chi connectivity index (χ1n) is 16.4. The van der Waals surface area contributed by atoms with E-state index in [-0.39, 0.29) is 37.4 Å².